The minimum atomic E-state index is -0.594. The molecule has 2 aromatic carbocycles. The molecule has 3 rings (SSSR count). The van der Waals surface area contributed by atoms with Crippen LogP contribution in [0.25, 0.3) is 12.2 Å². The number of allylic oxidation sites excluding steroid dienone is 1. The summed E-state index contributed by atoms with van der Waals surface area (Å²) >= 11 is 0. The number of carbonyl (C=O) groups excluding carboxylic acids is 1. The molecular formula is C24H26O6. The number of methoxy groups -OCH3 is 2. The molecule has 1 aliphatic rings. The predicted molar refractivity (Wildman–Crippen MR) is 115 cm³/mol. The summed E-state index contributed by atoms with van der Waals surface area (Å²) in [7, 11) is 3.05. The van der Waals surface area contributed by atoms with Gasteiger partial charge in [-0.05, 0) is 37.6 Å². The van der Waals surface area contributed by atoms with Gasteiger partial charge >= 0.3 is 0 Å². The molecule has 6 nitrogen and oxygen atoms in total. The van der Waals surface area contributed by atoms with Gasteiger partial charge in [0.25, 0.3) is 0 Å². The van der Waals surface area contributed by atoms with Crippen LogP contribution in [-0.4, -0.2) is 39.2 Å². The molecule has 0 bridgehead atoms. The van der Waals surface area contributed by atoms with Gasteiger partial charge in [0.2, 0.25) is 0 Å². The van der Waals surface area contributed by atoms with E-state index < -0.39 is 5.60 Å². The van der Waals surface area contributed by atoms with Crippen LogP contribution >= 0.6 is 0 Å². The molecule has 0 atom stereocenters. The van der Waals surface area contributed by atoms with Crippen LogP contribution in [0.4, 0.5) is 0 Å². The zero-order valence-electron chi connectivity index (χ0n) is 17.6. The predicted octanol–water partition coefficient (Wildman–Crippen LogP) is 4.73. The first-order chi connectivity index (χ1) is 14.4. The average molecular weight is 410 g/mol. The lowest BCUT2D eigenvalue weighted by molar-refractivity contribution is 0.0444. The zero-order valence-corrected chi connectivity index (χ0v) is 17.6. The van der Waals surface area contributed by atoms with Gasteiger partial charge in [0, 0.05) is 20.3 Å². The molecule has 0 saturated carbocycles. The van der Waals surface area contributed by atoms with Crippen molar-refractivity contribution in [2.45, 2.75) is 19.4 Å². The van der Waals surface area contributed by atoms with Crippen molar-refractivity contribution in [2.24, 2.45) is 0 Å². The van der Waals surface area contributed by atoms with E-state index in [0.717, 1.165) is 5.56 Å². The van der Waals surface area contributed by atoms with Gasteiger partial charge in [0.15, 0.2) is 19.4 Å². The van der Waals surface area contributed by atoms with Gasteiger partial charge in [-0.3, -0.25) is 4.79 Å². The largest absolute Gasteiger partial charge is 0.482 e. The normalized spacial score (nSPS) is 14.3. The number of hydrogen-bond donors (Lipinski definition) is 0. The van der Waals surface area contributed by atoms with Crippen LogP contribution in [-0.2, 0) is 9.47 Å². The second-order valence-corrected chi connectivity index (χ2v) is 7.24. The van der Waals surface area contributed by atoms with E-state index in [-0.39, 0.29) is 19.4 Å². The van der Waals surface area contributed by atoms with E-state index in [9.17, 15) is 4.79 Å². The Kier molecular flexibility index (Phi) is 6.92. The summed E-state index contributed by atoms with van der Waals surface area (Å²) < 4.78 is 27.7. The third-order valence-corrected chi connectivity index (χ3v) is 4.40. The van der Waals surface area contributed by atoms with Crippen LogP contribution < -0.4 is 14.2 Å². The molecule has 1 aliphatic heterocycles. The van der Waals surface area contributed by atoms with Crippen LogP contribution in [0.2, 0.25) is 0 Å². The molecule has 158 valence electrons. The maximum absolute atomic E-state index is 13.2. The van der Waals surface area contributed by atoms with E-state index in [2.05, 4.69) is 0 Å². The molecule has 0 saturated heterocycles. The van der Waals surface area contributed by atoms with E-state index in [0.29, 0.717) is 28.4 Å². The Morgan fingerprint density at radius 2 is 1.70 bits per heavy atom. The highest BCUT2D eigenvalue weighted by Gasteiger charge is 2.31. The fourth-order valence-corrected chi connectivity index (χ4v) is 3.00. The smallest absolute Gasteiger partial charge is 0.193 e. The second kappa shape index (κ2) is 9.61. The molecule has 0 N–H and O–H groups in total. The molecule has 0 unspecified atom stereocenters. The van der Waals surface area contributed by atoms with Crippen LogP contribution in [0, 0.1) is 0 Å². The highest BCUT2D eigenvalue weighted by Crippen LogP contribution is 2.45. The molecule has 1 heterocycles. The standard InChI is InChI=1S/C24H26O6/c1-24(2)13-12-18-20(28-15-26-3)14-21(29-16-27-4)22(23(18)30-24)19(25)11-10-17-8-6-5-7-9-17/h5-14H,15-16H2,1-4H3/b11-10+. The lowest BCUT2D eigenvalue weighted by Gasteiger charge is -2.30. The first-order valence-corrected chi connectivity index (χ1v) is 9.55. The third-order valence-electron chi connectivity index (χ3n) is 4.40. The fraction of sp³-hybridized carbons (Fsp3) is 0.292. The number of benzene rings is 2. The maximum Gasteiger partial charge on any atom is 0.193 e. The number of hydrogen-bond acceptors (Lipinski definition) is 6. The maximum atomic E-state index is 13.2. The lowest BCUT2D eigenvalue weighted by atomic mass is 9.96. The Hall–Kier alpha value is -3.09. The molecule has 0 radical (unpaired) electrons. The molecule has 2 aromatic rings. The van der Waals surface area contributed by atoms with Gasteiger partial charge in [-0.15, -0.1) is 0 Å². The van der Waals surface area contributed by atoms with Crippen molar-refractivity contribution in [1.29, 1.82) is 0 Å². The third kappa shape index (κ3) is 5.09. The van der Waals surface area contributed by atoms with Crippen LogP contribution in [0.15, 0.2) is 48.6 Å². The summed E-state index contributed by atoms with van der Waals surface area (Å²) in [5.41, 5.74) is 1.30. The summed E-state index contributed by atoms with van der Waals surface area (Å²) in [6.07, 6.45) is 7.07. The summed E-state index contributed by atoms with van der Waals surface area (Å²) in [6, 6.07) is 11.3. The Balaban J connectivity index is 2.10. The van der Waals surface area contributed by atoms with Gasteiger partial charge in [-0.1, -0.05) is 36.4 Å². The van der Waals surface area contributed by atoms with Crippen molar-refractivity contribution in [3.8, 4) is 17.2 Å². The van der Waals surface area contributed by atoms with Crippen LogP contribution in [0.3, 0.4) is 0 Å². The first-order valence-electron chi connectivity index (χ1n) is 9.55. The Morgan fingerprint density at radius 1 is 1.03 bits per heavy atom. The highest BCUT2D eigenvalue weighted by atomic mass is 16.7. The quantitative estimate of drug-likeness (QED) is 0.338. The zero-order chi connectivity index (χ0) is 21.6. The monoisotopic (exact) mass is 410 g/mol. The van der Waals surface area contributed by atoms with Crippen molar-refractivity contribution in [1.82, 2.24) is 0 Å². The highest BCUT2D eigenvalue weighted by molar-refractivity contribution is 6.11. The lowest BCUT2D eigenvalue weighted by Crippen LogP contribution is -2.29. The Bertz CT molecular complexity index is 944. The van der Waals surface area contributed by atoms with E-state index in [1.54, 1.807) is 12.1 Å². The topological polar surface area (TPSA) is 63.2 Å². The van der Waals surface area contributed by atoms with Crippen LogP contribution in [0.1, 0.15) is 35.3 Å². The van der Waals surface area contributed by atoms with Crippen molar-refractivity contribution in [3.05, 3.63) is 65.2 Å². The van der Waals surface area contributed by atoms with E-state index in [4.69, 9.17) is 23.7 Å². The molecular weight excluding hydrogens is 384 g/mol. The van der Waals surface area contributed by atoms with Crippen LogP contribution in [0.5, 0.6) is 17.2 Å². The summed E-state index contributed by atoms with van der Waals surface area (Å²) in [5.74, 6) is 0.972. The van der Waals surface area contributed by atoms with E-state index in [1.807, 2.05) is 56.3 Å². The van der Waals surface area contributed by atoms with E-state index in [1.165, 1.54) is 20.3 Å². The van der Waals surface area contributed by atoms with Gasteiger partial charge in [-0.2, -0.15) is 0 Å². The molecule has 0 aromatic heterocycles. The molecule has 30 heavy (non-hydrogen) atoms. The summed E-state index contributed by atoms with van der Waals surface area (Å²) in [5, 5.41) is 0. The molecule has 0 fully saturated rings. The number of ether oxygens (including phenoxy) is 5. The van der Waals surface area contributed by atoms with Crippen molar-refractivity contribution in [2.75, 3.05) is 27.8 Å². The van der Waals surface area contributed by atoms with Gasteiger partial charge in [-0.25, -0.2) is 0 Å². The first kappa shape index (κ1) is 21.6. The average Bonchev–Trinajstić information content (AvgIpc) is 2.74. The number of carbonyl (C=O) groups is 1. The summed E-state index contributed by atoms with van der Waals surface area (Å²) in [4.78, 5) is 13.2. The second-order valence-electron chi connectivity index (χ2n) is 7.24. The summed E-state index contributed by atoms with van der Waals surface area (Å²) in [6.45, 7) is 3.86. The van der Waals surface area contributed by atoms with Crippen molar-refractivity contribution in [3.63, 3.8) is 0 Å². The number of fused-ring (bicyclic) bond motifs is 1. The van der Waals surface area contributed by atoms with Crippen molar-refractivity contribution < 1.29 is 28.5 Å². The molecule has 6 heteroatoms. The van der Waals surface area contributed by atoms with E-state index >= 15 is 0 Å². The Labute approximate surface area is 176 Å². The number of rotatable bonds is 9. The number of ketones is 1. The van der Waals surface area contributed by atoms with Crippen molar-refractivity contribution >= 4 is 17.9 Å². The molecule has 0 spiro atoms. The van der Waals surface area contributed by atoms with Gasteiger partial charge in [0.05, 0.1) is 5.56 Å². The SMILES string of the molecule is COCOc1cc(OCOC)c(C(=O)/C=C/c2ccccc2)c2c1C=CC(C)(C)O2. The minimum Gasteiger partial charge on any atom is -0.482 e. The minimum absolute atomic E-state index is 0.0234. The Morgan fingerprint density at radius 3 is 2.37 bits per heavy atom. The molecule has 0 amide bonds. The molecule has 0 aliphatic carbocycles. The fourth-order valence-electron chi connectivity index (χ4n) is 3.00. The van der Waals surface area contributed by atoms with Gasteiger partial charge in [0.1, 0.15) is 28.4 Å². The van der Waals surface area contributed by atoms with Gasteiger partial charge < -0.3 is 23.7 Å².